The van der Waals surface area contributed by atoms with Gasteiger partial charge in [0.15, 0.2) is 5.82 Å². The standard InChI is InChI=1S/C16H18N4O2S/c1-16(2,3)14-9-15(19-18-14)20-23(21,22)13-6-4-5-11-10-17-8-7-12(11)13/h4-10H,1-3H3,(H2,18,19,20). The van der Waals surface area contributed by atoms with Crippen LogP contribution in [0.25, 0.3) is 10.8 Å². The van der Waals surface area contributed by atoms with Crippen LogP contribution >= 0.6 is 0 Å². The summed E-state index contributed by atoms with van der Waals surface area (Å²) in [6.07, 6.45) is 3.22. The van der Waals surface area contributed by atoms with E-state index < -0.39 is 10.0 Å². The second kappa shape index (κ2) is 5.34. The molecule has 0 atom stereocenters. The number of anilines is 1. The fourth-order valence-electron chi connectivity index (χ4n) is 2.28. The van der Waals surface area contributed by atoms with Crippen molar-refractivity contribution in [2.24, 2.45) is 0 Å². The summed E-state index contributed by atoms with van der Waals surface area (Å²) in [6.45, 7) is 6.07. The Labute approximate surface area is 135 Å². The first-order chi connectivity index (χ1) is 10.8. The summed E-state index contributed by atoms with van der Waals surface area (Å²) in [5, 5.41) is 8.31. The van der Waals surface area contributed by atoms with Gasteiger partial charge >= 0.3 is 0 Å². The topological polar surface area (TPSA) is 87.7 Å². The van der Waals surface area contributed by atoms with Gasteiger partial charge in [0.1, 0.15) is 0 Å². The van der Waals surface area contributed by atoms with E-state index in [2.05, 4.69) is 19.9 Å². The van der Waals surface area contributed by atoms with Crippen molar-refractivity contribution in [2.45, 2.75) is 31.1 Å². The van der Waals surface area contributed by atoms with Gasteiger partial charge in [-0.25, -0.2) is 8.42 Å². The zero-order valence-electron chi connectivity index (χ0n) is 13.2. The predicted octanol–water partition coefficient (Wildman–Crippen LogP) is 3.06. The van der Waals surface area contributed by atoms with Gasteiger partial charge in [0, 0.05) is 40.3 Å². The minimum atomic E-state index is -3.73. The van der Waals surface area contributed by atoms with Crippen LogP contribution in [0, 0.1) is 0 Å². The first kappa shape index (κ1) is 15.5. The number of aromatic nitrogens is 3. The number of pyridine rings is 1. The van der Waals surface area contributed by atoms with Crippen LogP contribution in [-0.2, 0) is 15.4 Å². The maximum atomic E-state index is 12.7. The quantitative estimate of drug-likeness (QED) is 0.772. The first-order valence-corrected chi connectivity index (χ1v) is 8.67. The van der Waals surface area contributed by atoms with Crippen molar-refractivity contribution in [3.63, 3.8) is 0 Å². The fourth-order valence-corrected chi connectivity index (χ4v) is 3.50. The maximum Gasteiger partial charge on any atom is 0.263 e. The molecule has 0 amide bonds. The summed E-state index contributed by atoms with van der Waals surface area (Å²) in [5.41, 5.74) is 0.722. The van der Waals surface area contributed by atoms with Gasteiger partial charge in [-0.3, -0.25) is 14.8 Å². The highest BCUT2D eigenvalue weighted by Crippen LogP contribution is 2.26. The minimum absolute atomic E-state index is 0.137. The molecule has 0 saturated heterocycles. The number of sulfonamides is 1. The Morgan fingerprint density at radius 1 is 1.17 bits per heavy atom. The van der Waals surface area contributed by atoms with Gasteiger partial charge in [-0.2, -0.15) is 5.10 Å². The Bertz CT molecular complexity index is 950. The van der Waals surface area contributed by atoms with Crippen molar-refractivity contribution >= 4 is 26.6 Å². The van der Waals surface area contributed by atoms with Crippen LogP contribution in [0.2, 0.25) is 0 Å². The molecule has 0 unspecified atom stereocenters. The summed E-state index contributed by atoms with van der Waals surface area (Å²) < 4.78 is 27.9. The molecule has 120 valence electrons. The van der Waals surface area contributed by atoms with Crippen LogP contribution in [-0.4, -0.2) is 23.6 Å². The number of H-pyrrole nitrogens is 1. The third kappa shape index (κ3) is 3.05. The number of nitrogens with zero attached hydrogens (tertiary/aromatic N) is 2. The monoisotopic (exact) mass is 330 g/mol. The first-order valence-electron chi connectivity index (χ1n) is 7.19. The fraction of sp³-hybridized carbons (Fsp3) is 0.250. The molecule has 3 aromatic rings. The Morgan fingerprint density at radius 3 is 2.65 bits per heavy atom. The summed E-state index contributed by atoms with van der Waals surface area (Å²) in [7, 11) is -3.73. The third-order valence-electron chi connectivity index (χ3n) is 3.56. The largest absolute Gasteiger partial charge is 0.280 e. The second-order valence-corrected chi connectivity index (χ2v) is 8.03. The van der Waals surface area contributed by atoms with Gasteiger partial charge in [0.2, 0.25) is 0 Å². The van der Waals surface area contributed by atoms with Crippen molar-refractivity contribution < 1.29 is 8.42 Å². The van der Waals surface area contributed by atoms with Gasteiger partial charge in [0.25, 0.3) is 10.0 Å². The van der Waals surface area contributed by atoms with E-state index in [0.717, 1.165) is 11.1 Å². The van der Waals surface area contributed by atoms with E-state index in [-0.39, 0.29) is 16.1 Å². The van der Waals surface area contributed by atoms with E-state index in [4.69, 9.17) is 0 Å². The predicted molar refractivity (Wildman–Crippen MR) is 89.8 cm³/mol. The summed E-state index contributed by atoms with van der Waals surface area (Å²) in [5.74, 6) is 0.279. The van der Waals surface area contributed by atoms with E-state index in [1.165, 1.54) is 0 Å². The molecule has 23 heavy (non-hydrogen) atoms. The maximum absolute atomic E-state index is 12.7. The molecule has 3 rings (SSSR count). The molecule has 0 radical (unpaired) electrons. The highest BCUT2D eigenvalue weighted by atomic mass is 32.2. The lowest BCUT2D eigenvalue weighted by molar-refractivity contribution is 0.567. The lowest BCUT2D eigenvalue weighted by Crippen LogP contribution is -2.14. The molecule has 0 fully saturated rings. The molecule has 0 aliphatic rings. The van der Waals surface area contributed by atoms with Gasteiger partial charge in [0.05, 0.1) is 4.90 Å². The van der Waals surface area contributed by atoms with E-state index in [0.29, 0.717) is 5.39 Å². The number of aromatic amines is 1. The number of nitrogens with one attached hydrogen (secondary N) is 2. The molecular weight excluding hydrogens is 312 g/mol. The number of benzene rings is 1. The zero-order chi connectivity index (χ0) is 16.7. The molecule has 2 heterocycles. The highest BCUT2D eigenvalue weighted by molar-refractivity contribution is 7.93. The van der Waals surface area contributed by atoms with Crippen LogP contribution in [0.5, 0.6) is 0 Å². The van der Waals surface area contributed by atoms with E-state index in [1.54, 1.807) is 36.7 Å². The van der Waals surface area contributed by atoms with Crippen LogP contribution in [0.4, 0.5) is 5.82 Å². The van der Waals surface area contributed by atoms with Gasteiger partial charge in [-0.05, 0) is 12.1 Å². The van der Waals surface area contributed by atoms with Crippen LogP contribution in [0.1, 0.15) is 26.5 Å². The Balaban J connectivity index is 2.00. The average molecular weight is 330 g/mol. The van der Waals surface area contributed by atoms with Crippen molar-refractivity contribution in [3.8, 4) is 0 Å². The Kier molecular flexibility index (Phi) is 3.60. The van der Waals surface area contributed by atoms with Gasteiger partial charge in [-0.1, -0.05) is 32.9 Å². The molecule has 0 bridgehead atoms. The van der Waals surface area contributed by atoms with E-state index in [1.807, 2.05) is 26.8 Å². The van der Waals surface area contributed by atoms with Crippen LogP contribution < -0.4 is 4.72 Å². The molecule has 7 heteroatoms. The normalized spacial score (nSPS) is 12.5. The minimum Gasteiger partial charge on any atom is -0.280 e. The van der Waals surface area contributed by atoms with Gasteiger partial charge < -0.3 is 0 Å². The number of hydrogen-bond donors (Lipinski definition) is 2. The zero-order valence-corrected chi connectivity index (χ0v) is 14.0. The van der Waals surface area contributed by atoms with Crippen molar-refractivity contribution in [1.82, 2.24) is 15.2 Å². The number of fused-ring (bicyclic) bond motifs is 1. The summed E-state index contributed by atoms with van der Waals surface area (Å²) in [6, 6.07) is 8.50. The molecule has 2 N–H and O–H groups in total. The molecule has 0 spiro atoms. The molecular formula is C16H18N4O2S. The number of hydrogen-bond acceptors (Lipinski definition) is 4. The third-order valence-corrected chi connectivity index (χ3v) is 4.97. The molecule has 1 aromatic carbocycles. The molecule has 2 aromatic heterocycles. The van der Waals surface area contributed by atoms with Crippen LogP contribution in [0.3, 0.4) is 0 Å². The van der Waals surface area contributed by atoms with Gasteiger partial charge in [-0.15, -0.1) is 0 Å². The van der Waals surface area contributed by atoms with E-state index in [9.17, 15) is 8.42 Å². The average Bonchev–Trinajstić information content (AvgIpc) is 2.94. The number of rotatable bonds is 3. The smallest absolute Gasteiger partial charge is 0.263 e. The summed E-state index contributed by atoms with van der Waals surface area (Å²) >= 11 is 0. The molecule has 0 aliphatic carbocycles. The molecule has 0 saturated carbocycles. The molecule has 6 nitrogen and oxygen atoms in total. The van der Waals surface area contributed by atoms with E-state index >= 15 is 0 Å². The summed E-state index contributed by atoms with van der Waals surface area (Å²) in [4.78, 5) is 4.22. The highest BCUT2D eigenvalue weighted by Gasteiger charge is 2.21. The van der Waals surface area contributed by atoms with Crippen molar-refractivity contribution in [3.05, 3.63) is 48.4 Å². The SMILES string of the molecule is CC(C)(C)c1cc(NS(=O)(=O)c2cccc3cnccc23)n[nH]1. The molecule has 0 aliphatic heterocycles. The van der Waals surface area contributed by atoms with Crippen molar-refractivity contribution in [2.75, 3.05) is 4.72 Å². The van der Waals surface area contributed by atoms with Crippen molar-refractivity contribution in [1.29, 1.82) is 0 Å². The second-order valence-electron chi connectivity index (χ2n) is 6.38. The lowest BCUT2D eigenvalue weighted by atomic mass is 9.92. The Hall–Kier alpha value is -2.41. The van der Waals surface area contributed by atoms with Crippen LogP contribution in [0.15, 0.2) is 47.6 Å². The Morgan fingerprint density at radius 2 is 1.96 bits per heavy atom. The lowest BCUT2D eigenvalue weighted by Gasteiger charge is -2.14.